The van der Waals surface area contributed by atoms with Gasteiger partial charge in [-0.3, -0.25) is 9.78 Å². The highest BCUT2D eigenvalue weighted by molar-refractivity contribution is 9.10. The van der Waals surface area contributed by atoms with E-state index in [-0.39, 0.29) is 12.5 Å². The molecule has 0 atom stereocenters. The molecule has 2 N–H and O–H groups in total. The Morgan fingerprint density at radius 1 is 1.35 bits per heavy atom. The van der Waals surface area contributed by atoms with Gasteiger partial charge in [0, 0.05) is 21.8 Å². The molecule has 0 aliphatic heterocycles. The van der Waals surface area contributed by atoms with E-state index in [1.807, 2.05) is 26.0 Å². The Bertz CT molecular complexity index is 656. The average molecular weight is 335 g/mol. The topological polar surface area (TPSA) is 62.2 Å². The summed E-state index contributed by atoms with van der Waals surface area (Å²) in [5.41, 5.74) is 3.65. The Labute approximate surface area is 126 Å². The lowest BCUT2D eigenvalue weighted by atomic mass is 10.0. The van der Waals surface area contributed by atoms with Gasteiger partial charge in [0.25, 0.3) is 5.91 Å². The fraction of sp³-hybridized carbons (Fsp3) is 0.200. The van der Waals surface area contributed by atoms with Crippen LogP contribution < -0.4 is 5.32 Å². The van der Waals surface area contributed by atoms with Gasteiger partial charge in [-0.1, -0.05) is 15.9 Å². The van der Waals surface area contributed by atoms with Gasteiger partial charge < -0.3 is 10.4 Å². The van der Waals surface area contributed by atoms with Crippen LogP contribution in [-0.4, -0.2) is 16.0 Å². The number of halogens is 1. The summed E-state index contributed by atoms with van der Waals surface area (Å²) in [5, 5.41) is 12.0. The third-order valence-electron chi connectivity index (χ3n) is 3.08. The summed E-state index contributed by atoms with van der Waals surface area (Å²) in [6, 6.07) is 5.43. The number of amides is 1. The molecule has 0 saturated heterocycles. The molecule has 2 aromatic rings. The number of aliphatic hydroxyl groups excluding tert-OH is 1. The lowest BCUT2D eigenvalue weighted by molar-refractivity contribution is 0.102. The summed E-state index contributed by atoms with van der Waals surface area (Å²) in [6.07, 6.45) is 3.11. The van der Waals surface area contributed by atoms with Gasteiger partial charge in [-0.2, -0.15) is 0 Å². The largest absolute Gasteiger partial charge is 0.392 e. The van der Waals surface area contributed by atoms with Gasteiger partial charge in [0.1, 0.15) is 0 Å². The smallest absolute Gasteiger partial charge is 0.255 e. The number of aromatic nitrogens is 1. The maximum Gasteiger partial charge on any atom is 0.255 e. The number of carbonyl (C=O) groups excluding carboxylic acids is 1. The molecule has 20 heavy (non-hydrogen) atoms. The second-order valence-electron chi connectivity index (χ2n) is 4.56. The summed E-state index contributed by atoms with van der Waals surface area (Å²) >= 11 is 3.44. The van der Waals surface area contributed by atoms with E-state index in [4.69, 9.17) is 0 Å². The van der Waals surface area contributed by atoms with Crippen LogP contribution in [0.15, 0.2) is 35.1 Å². The number of aryl methyl sites for hydroxylation is 2. The fourth-order valence-electron chi connectivity index (χ4n) is 1.89. The third kappa shape index (κ3) is 3.05. The van der Waals surface area contributed by atoms with Gasteiger partial charge in [-0.05, 0) is 43.2 Å². The first-order valence-corrected chi connectivity index (χ1v) is 6.94. The monoisotopic (exact) mass is 334 g/mol. The van der Waals surface area contributed by atoms with Crippen LogP contribution in [0, 0.1) is 13.8 Å². The van der Waals surface area contributed by atoms with E-state index in [2.05, 4.69) is 26.2 Å². The zero-order valence-corrected chi connectivity index (χ0v) is 12.9. The minimum Gasteiger partial charge on any atom is -0.392 e. The fourth-order valence-corrected chi connectivity index (χ4v) is 2.35. The number of hydrogen-bond acceptors (Lipinski definition) is 3. The predicted molar refractivity (Wildman–Crippen MR) is 81.7 cm³/mol. The van der Waals surface area contributed by atoms with Crippen LogP contribution in [0.2, 0.25) is 0 Å². The Kier molecular flexibility index (Phi) is 4.52. The summed E-state index contributed by atoms with van der Waals surface area (Å²) in [6.45, 7) is 3.68. The van der Waals surface area contributed by atoms with Crippen molar-refractivity contribution in [1.29, 1.82) is 0 Å². The number of benzene rings is 1. The van der Waals surface area contributed by atoms with E-state index in [1.54, 1.807) is 12.3 Å². The zero-order chi connectivity index (χ0) is 14.7. The minimum absolute atomic E-state index is 0.142. The molecular weight excluding hydrogens is 320 g/mol. The van der Waals surface area contributed by atoms with Crippen LogP contribution in [-0.2, 0) is 6.61 Å². The van der Waals surface area contributed by atoms with Gasteiger partial charge in [-0.25, -0.2) is 0 Å². The Hall–Kier alpha value is -1.72. The molecule has 4 nitrogen and oxygen atoms in total. The van der Waals surface area contributed by atoms with Crippen molar-refractivity contribution in [2.75, 3.05) is 5.32 Å². The van der Waals surface area contributed by atoms with Crippen molar-refractivity contribution in [3.8, 4) is 0 Å². The van der Waals surface area contributed by atoms with Crippen molar-refractivity contribution in [3.63, 3.8) is 0 Å². The van der Waals surface area contributed by atoms with Gasteiger partial charge in [0.05, 0.1) is 18.5 Å². The molecule has 0 saturated carbocycles. The zero-order valence-electron chi connectivity index (χ0n) is 11.3. The summed E-state index contributed by atoms with van der Waals surface area (Å²) in [4.78, 5) is 16.3. The Morgan fingerprint density at radius 2 is 2.10 bits per heavy atom. The van der Waals surface area contributed by atoms with E-state index >= 15 is 0 Å². The molecule has 5 heteroatoms. The molecule has 0 spiro atoms. The second kappa shape index (κ2) is 6.15. The van der Waals surface area contributed by atoms with E-state index in [1.165, 1.54) is 6.20 Å². The third-order valence-corrected chi connectivity index (χ3v) is 3.93. The van der Waals surface area contributed by atoms with Crippen LogP contribution in [0.25, 0.3) is 0 Å². The molecule has 0 radical (unpaired) electrons. The number of hydrogen-bond donors (Lipinski definition) is 2. The van der Waals surface area contributed by atoms with Crippen LogP contribution in [0.3, 0.4) is 0 Å². The average Bonchev–Trinajstić information content (AvgIpc) is 2.43. The molecule has 1 aromatic carbocycles. The van der Waals surface area contributed by atoms with Crippen molar-refractivity contribution in [2.45, 2.75) is 20.5 Å². The number of rotatable bonds is 3. The number of nitrogens with zero attached hydrogens (tertiary/aromatic N) is 1. The molecule has 1 amide bonds. The van der Waals surface area contributed by atoms with Gasteiger partial charge in [-0.15, -0.1) is 0 Å². The van der Waals surface area contributed by atoms with Crippen molar-refractivity contribution in [2.24, 2.45) is 0 Å². The molecular formula is C15H15BrN2O2. The molecule has 1 heterocycles. The molecule has 0 bridgehead atoms. The SMILES string of the molecule is Cc1cc(C(=O)Nc2cnccc2CO)c(C)cc1Br. The quantitative estimate of drug-likeness (QED) is 0.905. The number of nitrogens with one attached hydrogen (secondary N) is 1. The molecule has 0 aliphatic rings. The Morgan fingerprint density at radius 3 is 2.80 bits per heavy atom. The predicted octanol–water partition coefficient (Wildman–Crippen LogP) is 3.21. The van der Waals surface area contributed by atoms with E-state index in [0.29, 0.717) is 16.8 Å². The molecule has 2 rings (SSSR count). The standard InChI is InChI=1S/C15H15BrN2O2/c1-9-6-13(16)10(2)5-12(9)15(20)18-14-7-17-4-3-11(14)8-19/h3-7,19H,8H2,1-2H3,(H,18,20). The van der Waals surface area contributed by atoms with Crippen LogP contribution in [0.4, 0.5) is 5.69 Å². The first kappa shape index (κ1) is 14.7. The van der Waals surface area contributed by atoms with Gasteiger partial charge in [0.15, 0.2) is 0 Å². The van der Waals surface area contributed by atoms with Crippen LogP contribution in [0.1, 0.15) is 27.0 Å². The number of aliphatic hydroxyl groups is 1. The summed E-state index contributed by atoms with van der Waals surface area (Å²) in [5.74, 6) is -0.208. The summed E-state index contributed by atoms with van der Waals surface area (Å²) in [7, 11) is 0. The lowest BCUT2D eigenvalue weighted by Gasteiger charge is -2.11. The molecule has 104 valence electrons. The van der Waals surface area contributed by atoms with Crippen LogP contribution >= 0.6 is 15.9 Å². The Balaban J connectivity index is 2.31. The van der Waals surface area contributed by atoms with Crippen molar-refractivity contribution < 1.29 is 9.90 Å². The highest BCUT2D eigenvalue weighted by atomic mass is 79.9. The van der Waals surface area contributed by atoms with Gasteiger partial charge in [0.2, 0.25) is 0 Å². The molecule has 0 aliphatic carbocycles. The first-order valence-electron chi connectivity index (χ1n) is 6.14. The maximum absolute atomic E-state index is 12.3. The minimum atomic E-state index is -0.208. The molecule has 1 aromatic heterocycles. The van der Waals surface area contributed by atoms with Crippen molar-refractivity contribution in [3.05, 3.63) is 57.3 Å². The highest BCUT2D eigenvalue weighted by Crippen LogP contribution is 2.22. The number of pyridine rings is 1. The second-order valence-corrected chi connectivity index (χ2v) is 5.42. The number of anilines is 1. The van der Waals surface area contributed by atoms with E-state index < -0.39 is 0 Å². The number of carbonyl (C=O) groups is 1. The van der Waals surface area contributed by atoms with Crippen LogP contribution in [0.5, 0.6) is 0 Å². The van der Waals surface area contributed by atoms with Crippen molar-refractivity contribution >= 4 is 27.5 Å². The molecule has 0 fully saturated rings. The van der Waals surface area contributed by atoms with Crippen molar-refractivity contribution in [1.82, 2.24) is 4.98 Å². The normalized spacial score (nSPS) is 10.4. The maximum atomic E-state index is 12.3. The van der Waals surface area contributed by atoms with Gasteiger partial charge >= 0.3 is 0 Å². The highest BCUT2D eigenvalue weighted by Gasteiger charge is 2.13. The molecule has 0 unspecified atom stereocenters. The van der Waals surface area contributed by atoms with E-state index in [0.717, 1.165) is 15.6 Å². The lowest BCUT2D eigenvalue weighted by Crippen LogP contribution is -2.15. The first-order chi connectivity index (χ1) is 9.52. The van der Waals surface area contributed by atoms with E-state index in [9.17, 15) is 9.90 Å². The summed E-state index contributed by atoms with van der Waals surface area (Å²) < 4.78 is 0.976.